The first-order valence-corrected chi connectivity index (χ1v) is 10.3. The average Bonchev–Trinajstić information content (AvgIpc) is 3.08. The number of rotatable bonds is 4. The first-order chi connectivity index (χ1) is 13.0. The van der Waals surface area contributed by atoms with Crippen molar-refractivity contribution in [2.75, 3.05) is 19.7 Å². The molecule has 0 bridgehead atoms. The summed E-state index contributed by atoms with van der Waals surface area (Å²) in [6.45, 7) is 6.58. The largest absolute Gasteiger partial charge is 0.447 e. The summed E-state index contributed by atoms with van der Waals surface area (Å²) < 4.78 is 5.00. The standard InChI is InChI=1S/C22H30N2O3/c1-3-15(2)16-4-6-17(7-5-16)18-8-10-24(11-9-18)20(25)19-12-22(13-19)14-27-21(26)23-22/h4-7,15,18-19H,3,8-14H2,1-2H3,(H,23,26)/t15-,19?,22?/m1/s1. The number of likely N-dealkylation sites (tertiary alicyclic amines) is 1. The third-order valence-electron chi connectivity index (χ3n) is 6.87. The summed E-state index contributed by atoms with van der Waals surface area (Å²) >= 11 is 0. The molecule has 1 aromatic rings. The Labute approximate surface area is 161 Å². The number of nitrogens with zero attached hydrogens (tertiary/aromatic N) is 1. The highest BCUT2D eigenvalue weighted by atomic mass is 16.6. The number of hydrogen-bond acceptors (Lipinski definition) is 3. The van der Waals surface area contributed by atoms with E-state index in [1.165, 1.54) is 11.1 Å². The molecular weight excluding hydrogens is 340 g/mol. The number of ether oxygens (including phenoxy) is 1. The van der Waals surface area contributed by atoms with Crippen LogP contribution >= 0.6 is 0 Å². The molecule has 1 saturated carbocycles. The lowest BCUT2D eigenvalue weighted by atomic mass is 9.68. The number of amides is 2. The lowest BCUT2D eigenvalue weighted by Gasteiger charge is -2.45. The lowest BCUT2D eigenvalue weighted by Crippen LogP contribution is -2.58. The zero-order valence-corrected chi connectivity index (χ0v) is 16.4. The predicted octanol–water partition coefficient (Wildman–Crippen LogP) is 3.79. The maximum atomic E-state index is 12.8. The second-order valence-electron chi connectivity index (χ2n) is 8.66. The molecule has 0 aromatic heterocycles. The highest BCUT2D eigenvalue weighted by molar-refractivity contribution is 5.81. The van der Waals surface area contributed by atoms with Gasteiger partial charge in [0.2, 0.25) is 5.91 Å². The second kappa shape index (κ2) is 7.17. The Morgan fingerprint density at radius 2 is 1.93 bits per heavy atom. The highest BCUT2D eigenvalue weighted by Gasteiger charge is 2.53. The van der Waals surface area contributed by atoms with Gasteiger partial charge >= 0.3 is 6.09 Å². The minimum atomic E-state index is -0.346. The van der Waals surface area contributed by atoms with Crippen LogP contribution in [0.25, 0.3) is 0 Å². The molecule has 2 amide bonds. The van der Waals surface area contributed by atoms with Crippen molar-refractivity contribution in [3.63, 3.8) is 0 Å². The van der Waals surface area contributed by atoms with E-state index in [1.54, 1.807) is 0 Å². The summed E-state index contributed by atoms with van der Waals surface area (Å²) in [7, 11) is 0. The van der Waals surface area contributed by atoms with Crippen LogP contribution in [0.15, 0.2) is 24.3 Å². The van der Waals surface area contributed by atoms with Crippen LogP contribution in [0.4, 0.5) is 4.79 Å². The van der Waals surface area contributed by atoms with Crippen LogP contribution in [0.3, 0.4) is 0 Å². The molecule has 1 N–H and O–H groups in total. The molecule has 5 nitrogen and oxygen atoms in total. The van der Waals surface area contributed by atoms with Gasteiger partial charge < -0.3 is 15.0 Å². The first kappa shape index (κ1) is 18.3. The average molecular weight is 370 g/mol. The quantitative estimate of drug-likeness (QED) is 0.877. The van der Waals surface area contributed by atoms with Crippen LogP contribution < -0.4 is 5.32 Å². The molecule has 2 aliphatic heterocycles. The molecule has 3 aliphatic rings. The molecule has 3 fully saturated rings. The number of cyclic esters (lactones) is 1. The first-order valence-electron chi connectivity index (χ1n) is 10.3. The Hall–Kier alpha value is -2.04. The SMILES string of the molecule is CC[C@@H](C)c1ccc(C2CCN(C(=O)C3CC4(COC(=O)N4)C3)CC2)cc1. The van der Waals surface area contributed by atoms with Gasteiger partial charge in [-0.1, -0.05) is 38.1 Å². The molecule has 1 aromatic carbocycles. The molecule has 1 spiro atoms. The van der Waals surface area contributed by atoms with Crippen molar-refractivity contribution in [2.24, 2.45) is 5.92 Å². The lowest BCUT2D eigenvalue weighted by molar-refractivity contribution is -0.142. The zero-order valence-electron chi connectivity index (χ0n) is 16.4. The molecule has 5 heteroatoms. The Morgan fingerprint density at radius 3 is 2.48 bits per heavy atom. The van der Waals surface area contributed by atoms with E-state index in [4.69, 9.17) is 4.74 Å². The Bertz CT molecular complexity index is 701. The van der Waals surface area contributed by atoms with Crippen LogP contribution in [-0.4, -0.2) is 42.1 Å². The minimum Gasteiger partial charge on any atom is -0.447 e. The minimum absolute atomic E-state index is 0.0402. The van der Waals surface area contributed by atoms with E-state index in [2.05, 4.69) is 43.4 Å². The summed E-state index contributed by atoms with van der Waals surface area (Å²) in [5.74, 6) is 1.46. The maximum absolute atomic E-state index is 12.8. The van der Waals surface area contributed by atoms with Gasteiger partial charge in [0.05, 0.1) is 5.54 Å². The van der Waals surface area contributed by atoms with Crippen molar-refractivity contribution in [3.05, 3.63) is 35.4 Å². The molecule has 0 unspecified atom stereocenters. The van der Waals surface area contributed by atoms with E-state index in [0.29, 0.717) is 31.3 Å². The van der Waals surface area contributed by atoms with Gasteiger partial charge in [0, 0.05) is 19.0 Å². The van der Waals surface area contributed by atoms with Crippen molar-refractivity contribution in [1.29, 1.82) is 0 Å². The Morgan fingerprint density at radius 1 is 1.26 bits per heavy atom. The molecule has 1 aliphatic carbocycles. The van der Waals surface area contributed by atoms with E-state index in [-0.39, 0.29) is 23.5 Å². The van der Waals surface area contributed by atoms with Gasteiger partial charge in [-0.2, -0.15) is 0 Å². The fourth-order valence-electron chi connectivity index (χ4n) is 4.79. The Kier molecular flexibility index (Phi) is 4.87. The summed E-state index contributed by atoms with van der Waals surface area (Å²) in [6.07, 6.45) is 4.32. The number of alkyl carbamates (subject to hydrolysis) is 1. The fraction of sp³-hybridized carbons (Fsp3) is 0.636. The van der Waals surface area contributed by atoms with Crippen LogP contribution in [0.5, 0.6) is 0 Å². The second-order valence-corrected chi connectivity index (χ2v) is 8.66. The smallest absolute Gasteiger partial charge is 0.407 e. The molecule has 27 heavy (non-hydrogen) atoms. The topological polar surface area (TPSA) is 58.6 Å². The number of piperidine rings is 1. The highest BCUT2D eigenvalue weighted by Crippen LogP contribution is 2.42. The number of benzene rings is 1. The monoisotopic (exact) mass is 370 g/mol. The molecule has 0 radical (unpaired) electrons. The van der Waals surface area contributed by atoms with Crippen LogP contribution in [0.2, 0.25) is 0 Å². The molecule has 2 heterocycles. The number of hydrogen-bond donors (Lipinski definition) is 1. The van der Waals surface area contributed by atoms with Crippen LogP contribution in [0, 0.1) is 5.92 Å². The Balaban J connectivity index is 1.28. The van der Waals surface area contributed by atoms with Crippen molar-refractivity contribution >= 4 is 12.0 Å². The van der Waals surface area contributed by atoms with Crippen molar-refractivity contribution in [2.45, 2.75) is 63.3 Å². The molecule has 1 atom stereocenters. The van der Waals surface area contributed by atoms with Crippen molar-refractivity contribution in [1.82, 2.24) is 10.2 Å². The molecule has 146 valence electrons. The van der Waals surface area contributed by atoms with Crippen LogP contribution in [0.1, 0.15) is 68.9 Å². The predicted molar refractivity (Wildman–Crippen MR) is 104 cm³/mol. The van der Waals surface area contributed by atoms with Crippen molar-refractivity contribution < 1.29 is 14.3 Å². The molecule has 2 saturated heterocycles. The van der Waals surface area contributed by atoms with Gasteiger partial charge in [-0.15, -0.1) is 0 Å². The van der Waals surface area contributed by atoms with Gasteiger partial charge in [0.15, 0.2) is 0 Å². The number of carbonyl (C=O) groups is 2. The summed E-state index contributed by atoms with van der Waals surface area (Å²) in [5, 5.41) is 2.87. The van der Waals surface area contributed by atoms with E-state index in [9.17, 15) is 9.59 Å². The van der Waals surface area contributed by atoms with Gasteiger partial charge in [0.1, 0.15) is 6.61 Å². The molecular formula is C22H30N2O3. The number of nitrogens with one attached hydrogen (secondary N) is 1. The zero-order chi connectivity index (χ0) is 19.0. The number of carbonyl (C=O) groups excluding carboxylic acids is 2. The van der Waals surface area contributed by atoms with E-state index in [0.717, 1.165) is 32.4 Å². The third kappa shape index (κ3) is 3.56. The van der Waals surface area contributed by atoms with Gasteiger partial charge in [-0.25, -0.2) is 4.79 Å². The van der Waals surface area contributed by atoms with E-state index in [1.807, 2.05) is 4.90 Å². The van der Waals surface area contributed by atoms with Gasteiger partial charge in [-0.3, -0.25) is 4.79 Å². The van der Waals surface area contributed by atoms with E-state index < -0.39 is 0 Å². The van der Waals surface area contributed by atoms with Crippen LogP contribution in [-0.2, 0) is 9.53 Å². The summed E-state index contributed by atoms with van der Waals surface area (Å²) in [6, 6.07) is 9.10. The fourth-order valence-corrected chi connectivity index (χ4v) is 4.79. The van der Waals surface area contributed by atoms with Gasteiger partial charge in [0.25, 0.3) is 0 Å². The van der Waals surface area contributed by atoms with Crippen molar-refractivity contribution in [3.8, 4) is 0 Å². The van der Waals surface area contributed by atoms with Gasteiger partial charge in [-0.05, 0) is 55.1 Å². The summed E-state index contributed by atoms with van der Waals surface area (Å²) in [5.41, 5.74) is 2.55. The normalized spacial score (nSPS) is 29.2. The third-order valence-corrected chi connectivity index (χ3v) is 6.87. The summed E-state index contributed by atoms with van der Waals surface area (Å²) in [4.78, 5) is 26.0. The maximum Gasteiger partial charge on any atom is 0.407 e. The van der Waals surface area contributed by atoms with E-state index >= 15 is 0 Å². The molecule has 4 rings (SSSR count).